The molecule has 1 N–H and O–H groups in total. The molecule has 0 bridgehead atoms. The number of fused-ring (bicyclic) bond motifs is 1. The molecule has 5 nitrogen and oxygen atoms in total. The van der Waals surface area contributed by atoms with Gasteiger partial charge in [-0.05, 0) is 36.0 Å². The molecule has 5 heteroatoms. The fraction of sp³-hybridized carbons (Fsp3) is 0.480. The molecule has 3 aliphatic rings. The Labute approximate surface area is 178 Å². The predicted molar refractivity (Wildman–Crippen MR) is 115 cm³/mol. The summed E-state index contributed by atoms with van der Waals surface area (Å²) in [6, 6.07) is 18.7. The SMILES string of the molecule is O=C(N1C[C@H](O)[C@@H](N2CCc3ccccc3C2)C1)C1(c2ccccc2)CCOCC1. The lowest BCUT2D eigenvalue weighted by atomic mass is 9.73. The monoisotopic (exact) mass is 406 g/mol. The second-order valence-corrected chi connectivity index (χ2v) is 8.89. The van der Waals surface area contributed by atoms with Crippen LogP contribution in [0.4, 0.5) is 0 Å². The van der Waals surface area contributed by atoms with E-state index in [4.69, 9.17) is 4.74 Å². The van der Waals surface area contributed by atoms with E-state index in [-0.39, 0.29) is 11.9 Å². The van der Waals surface area contributed by atoms with E-state index in [9.17, 15) is 9.90 Å². The Morgan fingerprint density at radius 1 is 0.967 bits per heavy atom. The minimum absolute atomic E-state index is 0.00466. The number of aliphatic hydroxyl groups excluding tert-OH is 1. The second-order valence-electron chi connectivity index (χ2n) is 8.89. The third kappa shape index (κ3) is 3.45. The van der Waals surface area contributed by atoms with Gasteiger partial charge in [0.2, 0.25) is 5.91 Å². The Morgan fingerprint density at radius 2 is 1.67 bits per heavy atom. The van der Waals surface area contributed by atoms with Crippen LogP contribution >= 0.6 is 0 Å². The van der Waals surface area contributed by atoms with Crippen LogP contribution in [0.25, 0.3) is 0 Å². The van der Waals surface area contributed by atoms with Crippen molar-refractivity contribution in [3.63, 3.8) is 0 Å². The number of hydrogen-bond acceptors (Lipinski definition) is 4. The summed E-state index contributed by atoms with van der Waals surface area (Å²) < 4.78 is 5.60. The van der Waals surface area contributed by atoms with Crippen molar-refractivity contribution in [3.05, 3.63) is 71.3 Å². The summed E-state index contributed by atoms with van der Waals surface area (Å²) in [4.78, 5) is 18.1. The molecule has 3 aliphatic heterocycles. The van der Waals surface area contributed by atoms with Gasteiger partial charge in [-0.15, -0.1) is 0 Å². The molecule has 5 rings (SSSR count). The lowest BCUT2D eigenvalue weighted by molar-refractivity contribution is -0.140. The summed E-state index contributed by atoms with van der Waals surface area (Å²) in [5.41, 5.74) is 3.27. The standard InChI is InChI=1S/C25H30N2O3/c28-23-18-27(17-22(23)26-13-10-19-6-4-5-7-20(19)16-26)24(29)25(11-14-30-15-12-25)21-8-2-1-3-9-21/h1-9,22-23,28H,10-18H2/t22-,23-/m0/s1. The first kappa shape index (κ1) is 19.7. The minimum Gasteiger partial charge on any atom is -0.390 e. The Bertz CT molecular complexity index is 894. The molecule has 1 amide bonds. The quantitative estimate of drug-likeness (QED) is 0.850. The van der Waals surface area contributed by atoms with Crippen molar-refractivity contribution in [1.82, 2.24) is 9.80 Å². The summed E-state index contributed by atoms with van der Waals surface area (Å²) in [5.74, 6) is 0.149. The number of benzene rings is 2. The average molecular weight is 407 g/mol. The number of β-amino-alcohol motifs (C(OH)–C–C–N with tert-alkyl or cyclic N) is 1. The maximum absolute atomic E-state index is 13.8. The molecule has 3 heterocycles. The van der Waals surface area contributed by atoms with Crippen LogP contribution in [-0.2, 0) is 27.9 Å². The molecule has 2 aromatic carbocycles. The summed E-state index contributed by atoms with van der Waals surface area (Å²) in [6.07, 6.45) is 1.89. The molecule has 30 heavy (non-hydrogen) atoms. The van der Waals surface area contributed by atoms with Crippen LogP contribution in [0.5, 0.6) is 0 Å². The molecule has 2 saturated heterocycles. The zero-order valence-electron chi connectivity index (χ0n) is 17.4. The first-order valence-electron chi connectivity index (χ1n) is 11.1. The van der Waals surface area contributed by atoms with Gasteiger partial charge in [0, 0.05) is 39.4 Å². The fourth-order valence-electron chi connectivity index (χ4n) is 5.50. The average Bonchev–Trinajstić information content (AvgIpc) is 3.20. The number of amides is 1. The van der Waals surface area contributed by atoms with Crippen LogP contribution in [0, 0.1) is 0 Å². The van der Waals surface area contributed by atoms with Crippen molar-refractivity contribution in [1.29, 1.82) is 0 Å². The van der Waals surface area contributed by atoms with E-state index in [1.165, 1.54) is 11.1 Å². The van der Waals surface area contributed by atoms with Crippen molar-refractivity contribution in [2.75, 3.05) is 32.8 Å². The highest BCUT2D eigenvalue weighted by Gasteiger charge is 2.48. The van der Waals surface area contributed by atoms with Crippen molar-refractivity contribution < 1.29 is 14.6 Å². The second kappa shape index (κ2) is 8.14. The normalized spacial score (nSPS) is 26.4. The van der Waals surface area contributed by atoms with Crippen molar-refractivity contribution in [2.45, 2.75) is 43.4 Å². The zero-order chi connectivity index (χ0) is 20.6. The number of ether oxygens (including phenoxy) is 1. The van der Waals surface area contributed by atoms with Gasteiger partial charge in [-0.2, -0.15) is 0 Å². The fourth-order valence-corrected chi connectivity index (χ4v) is 5.50. The highest BCUT2D eigenvalue weighted by Crippen LogP contribution is 2.38. The highest BCUT2D eigenvalue weighted by atomic mass is 16.5. The zero-order valence-corrected chi connectivity index (χ0v) is 17.4. The lowest BCUT2D eigenvalue weighted by Gasteiger charge is -2.39. The van der Waals surface area contributed by atoms with Gasteiger partial charge in [0.15, 0.2) is 0 Å². The molecule has 0 aromatic heterocycles. The third-order valence-corrected chi connectivity index (χ3v) is 7.26. The van der Waals surface area contributed by atoms with E-state index in [1.54, 1.807) is 0 Å². The summed E-state index contributed by atoms with van der Waals surface area (Å²) in [7, 11) is 0. The highest BCUT2D eigenvalue weighted by molar-refractivity contribution is 5.88. The van der Waals surface area contributed by atoms with Gasteiger partial charge in [-0.1, -0.05) is 54.6 Å². The Morgan fingerprint density at radius 3 is 2.43 bits per heavy atom. The van der Waals surface area contributed by atoms with E-state index in [0.29, 0.717) is 39.1 Å². The number of carbonyl (C=O) groups excluding carboxylic acids is 1. The van der Waals surface area contributed by atoms with Crippen LogP contribution in [0.15, 0.2) is 54.6 Å². The van der Waals surface area contributed by atoms with E-state index in [0.717, 1.165) is 25.1 Å². The number of aliphatic hydroxyl groups is 1. The summed E-state index contributed by atoms with van der Waals surface area (Å²) in [5, 5.41) is 10.9. The van der Waals surface area contributed by atoms with Crippen LogP contribution < -0.4 is 0 Å². The van der Waals surface area contributed by atoms with Gasteiger partial charge in [0.25, 0.3) is 0 Å². The van der Waals surface area contributed by atoms with Gasteiger partial charge in [-0.25, -0.2) is 0 Å². The number of rotatable bonds is 3. The molecule has 0 aliphatic carbocycles. The van der Waals surface area contributed by atoms with Crippen LogP contribution in [0.3, 0.4) is 0 Å². The van der Waals surface area contributed by atoms with Gasteiger partial charge in [0.1, 0.15) is 0 Å². The van der Waals surface area contributed by atoms with Crippen molar-refractivity contribution in [2.24, 2.45) is 0 Å². The van der Waals surface area contributed by atoms with Gasteiger partial charge in [0.05, 0.1) is 17.6 Å². The number of carbonyl (C=O) groups is 1. The molecule has 0 saturated carbocycles. The predicted octanol–water partition coefficient (Wildman–Crippen LogP) is 2.36. The smallest absolute Gasteiger partial charge is 0.233 e. The maximum Gasteiger partial charge on any atom is 0.233 e. The van der Waals surface area contributed by atoms with Crippen LogP contribution in [-0.4, -0.2) is 65.8 Å². The molecule has 2 atom stereocenters. The Balaban J connectivity index is 1.36. The van der Waals surface area contributed by atoms with E-state index < -0.39 is 11.5 Å². The molecule has 0 unspecified atom stereocenters. The summed E-state index contributed by atoms with van der Waals surface area (Å²) >= 11 is 0. The van der Waals surface area contributed by atoms with Gasteiger partial charge < -0.3 is 14.7 Å². The maximum atomic E-state index is 13.8. The van der Waals surface area contributed by atoms with E-state index in [2.05, 4.69) is 41.3 Å². The lowest BCUT2D eigenvalue weighted by Crippen LogP contribution is -2.50. The molecular formula is C25H30N2O3. The molecule has 2 aromatic rings. The summed E-state index contributed by atoms with van der Waals surface area (Å²) in [6.45, 7) is 3.98. The minimum atomic E-state index is -0.539. The van der Waals surface area contributed by atoms with Gasteiger partial charge >= 0.3 is 0 Å². The first-order chi connectivity index (χ1) is 14.7. The van der Waals surface area contributed by atoms with Gasteiger partial charge in [-0.3, -0.25) is 9.69 Å². The Hall–Kier alpha value is -2.21. The van der Waals surface area contributed by atoms with E-state index >= 15 is 0 Å². The van der Waals surface area contributed by atoms with Crippen molar-refractivity contribution >= 4 is 5.91 Å². The molecule has 158 valence electrons. The van der Waals surface area contributed by atoms with E-state index in [1.807, 2.05) is 23.1 Å². The Kier molecular flexibility index (Phi) is 5.35. The van der Waals surface area contributed by atoms with Crippen LogP contribution in [0.2, 0.25) is 0 Å². The largest absolute Gasteiger partial charge is 0.390 e. The molecular weight excluding hydrogens is 376 g/mol. The third-order valence-electron chi connectivity index (χ3n) is 7.26. The van der Waals surface area contributed by atoms with Crippen LogP contribution in [0.1, 0.15) is 29.5 Å². The first-order valence-corrected chi connectivity index (χ1v) is 11.1. The topological polar surface area (TPSA) is 53.0 Å². The molecule has 0 spiro atoms. The molecule has 0 radical (unpaired) electrons. The van der Waals surface area contributed by atoms with Crippen molar-refractivity contribution in [3.8, 4) is 0 Å². The number of hydrogen-bond donors (Lipinski definition) is 1. The number of likely N-dealkylation sites (tertiary alicyclic amines) is 1. The number of nitrogens with zero attached hydrogens (tertiary/aromatic N) is 2. The molecule has 2 fully saturated rings.